The van der Waals surface area contributed by atoms with E-state index in [1.54, 1.807) is 6.07 Å². The SMILES string of the molecule is N#Cc1ccc2[nH]cc(CCC(N)=O)c2c1. The topological polar surface area (TPSA) is 82.7 Å². The highest BCUT2D eigenvalue weighted by atomic mass is 16.1. The number of fused-ring (bicyclic) bond motifs is 1. The fourth-order valence-corrected chi connectivity index (χ4v) is 1.71. The number of nitrogens with one attached hydrogen (secondary N) is 1. The van der Waals surface area contributed by atoms with Crippen LogP contribution in [-0.4, -0.2) is 10.9 Å². The van der Waals surface area contributed by atoms with E-state index in [-0.39, 0.29) is 5.91 Å². The number of nitrogens with two attached hydrogens (primary N) is 1. The van der Waals surface area contributed by atoms with Crippen LogP contribution in [0.4, 0.5) is 0 Å². The molecular weight excluding hydrogens is 202 g/mol. The molecule has 80 valence electrons. The van der Waals surface area contributed by atoms with Crippen molar-refractivity contribution in [1.82, 2.24) is 4.98 Å². The molecule has 0 saturated heterocycles. The van der Waals surface area contributed by atoms with Gasteiger partial charge in [0.2, 0.25) is 5.91 Å². The van der Waals surface area contributed by atoms with Gasteiger partial charge in [0.25, 0.3) is 0 Å². The van der Waals surface area contributed by atoms with E-state index < -0.39 is 0 Å². The third-order valence-corrected chi connectivity index (χ3v) is 2.54. The maximum atomic E-state index is 10.7. The average molecular weight is 213 g/mol. The van der Waals surface area contributed by atoms with Gasteiger partial charge < -0.3 is 10.7 Å². The molecule has 1 amide bonds. The van der Waals surface area contributed by atoms with E-state index in [0.29, 0.717) is 18.4 Å². The summed E-state index contributed by atoms with van der Waals surface area (Å²) in [6.45, 7) is 0. The Morgan fingerprint density at radius 3 is 3.00 bits per heavy atom. The normalized spacial score (nSPS) is 10.2. The molecule has 2 aromatic rings. The number of rotatable bonds is 3. The Hall–Kier alpha value is -2.28. The van der Waals surface area contributed by atoms with Gasteiger partial charge in [-0.05, 0) is 30.2 Å². The summed E-state index contributed by atoms with van der Waals surface area (Å²) < 4.78 is 0. The predicted octanol–water partition coefficient (Wildman–Crippen LogP) is 1.46. The molecule has 0 aliphatic rings. The van der Waals surface area contributed by atoms with Crippen LogP contribution in [0.15, 0.2) is 24.4 Å². The largest absolute Gasteiger partial charge is 0.370 e. The van der Waals surface area contributed by atoms with Crippen LogP contribution in [-0.2, 0) is 11.2 Å². The standard InChI is InChI=1S/C12H11N3O/c13-6-8-1-3-11-10(5-8)9(7-15-11)2-4-12(14)16/h1,3,5,7,15H,2,4H2,(H2,14,16). The number of primary amides is 1. The summed E-state index contributed by atoms with van der Waals surface area (Å²) in [6, 6.07) is 7.54. The van der Waals surface area contributed by atoms with Gasteiger partial charge in [-0.2, -0.15) is 5.26 Å². The second-order valence-electron chi connectivity index (χ2n) is 3.65. The van der Waals surface area contributed by atoms with E-state index >= 15 is 0 Å². The van der Waals surface area contributed by atoms with Crippen LogP contribution in [0.5, 0.6) is 0 Å². The van der Waals surface area contributed by atoms with E-state index in [1.807, 2.05) is 18.3 Å². The minimum absolute atomic E-state index is 0.314. The van der Waals surface area contributed by atoms with Crippen molar-refractivity contribution in [2.45, 2.75) is 12.8 Å². The predicted molar refractivity (Wildman–Crippen MR) is 60.5 cm³/mol. The van der Waals surface area contributed by atoms with Crippen LogP contribution in [0.25, 0.3) is 10.9 Å². The molecule has 2 rings (SSSR count). The minimum Gasteiger partial charge on any atom is -0.370 e. The van der Waals surface area contributed by atoms with Crippen LogP contribution in [0.2, 0.25) is 0 Å². The molecule has 1 aromatic carbocycles. The van der Waals surface area contributed by atoms with Gasteiger partial charge in [0.05, 0.1) is 11.6 Å². The number of hydrogen-bond acceptors (Lipinski definition) is 2. The number of H-pyrrole nitrogens is 1. The third kappa shape index (κ3) is 1.89. The number of hydrogen-bond donors (Lipinski definition) is 2. The van der Waals surface area contributed by atoms with Gasteiger partial charge >= 0.3 is 0 Å². The molecule has 4 heteroatoms. The maximum Gasteiger partial charge on any atom is 0.217 e. The zero-order valence-electron chi connectivity index (χ0n) is 8.66. The fourth-order valence-electron chi connectivity index (χ4n) is 1.71. The van der Waals surface area contributed by atoms with Crippen molar-refractivity contribution >= 4 is 16.8 Å². The van der Waals surface area contributed by atoms with Gasteiger partial charge in [-0.1, -0.05) is 0 Å². The lowest BCUT2D eigenvalue weighted by Crippen LogP contribution is -2.10. The second kappa shape index (κ2) is 4.07. The third-order valence-electron chi connectivity index (χ3n) is 2.54. The number of nitriles is 1. The summed E-state index contributed by atoms with van der Waals surface area (Å²) in [5.74, 6) is -0.314. The first kappa shape index (κ1) is 10.2. The molecule has 0 aliphatic carbocycles. The molecule has 0 unspecified atom stereocenters. The van der Waals surface area contributed by atoms with E-state index in [1.165, 1.54) is 0 Å². The summed E-state index contributed by atoms with van der Waals surface area (Å²) in [5, 5.41) is 9.80. The lowest BCUT2D eigenvalue weighted by molar-refractivity contribution is -0.117. The number of aromatic nitrogens is 1. The number of aromatic amines is 1. The zero-order valence-corrected chi connectivity index (χ0v) is 8.66. The number of nitrogens with zero attached hydrogens (tertiary/aromatic N) is 1. The highest BCUT2D eigenvalue weighted by molar-refractivity contribution is 5.85. The van der Waals surface area contributed by atoms with Crippen molar-refractivity contribution in [1.29, 1.82) is 5.26 Å². The first-order chi connectivity index (χ1) is 7.70. The lowest BCUT2D eigenvalue weighted by Gasteiger charge is -1.97. The van der Waals surface area contributed by atoms with E-state index in [9.17, 15) is 4.79 Å². The summed E-state index contributed by atoms with van der Waals surface area (Å²) in [4.78, 5) is 13.8. The van der Waals surface area contributed by atoms with Gasteiger partial charge in [-0.25, -0.2) is 0 Å². The van der Waals surface area contributed by atoms with Crippen molar-refractivity contribution in [2.75, 3.05) is 0 Å². The Morgan fingerprint density at radius 2 is 2.31 bits per heavy atom. The summed E-state index contributed by atoms with van der Waals surface area (Å²) >= 11 is 0. The molecule has 0 fully saturated rings. The molecule has 4 nitrogen and oxygen atoms in total. The quantitative estimate of drug-likeness (QED) is 0.809. The highest BCUT2D eigenvalue weighted by Gasteiger charge is 2.05. The van der Waals surface area contributed by atoms with E-state index in [4.69, 9.17) is 11.0 Å². The Kier molecular flexibility index (Phi) is 2.61. The van der Waals surface area contributed by atoms with Crippen LogP contribution >= 0.6 is 0 Å². The van der Waals surface area contributed by atoms with Crippen LogP contribution in [0, 0.1) is 11.3 Å². The first-order valence-corrected chi connectivity index (χ1v) is 4.99. The molecule has 0 radical (unpaired) electrons. The van der Waals surface area contributed by atoms with Crippen molar-refractivity contribution in [2.24, 2.45) is 5.73 Å². The molecule has 0 spiro atoms. The Balaban J connectivity index is 2.39. The minimum atomic E-state index is -0.314. The fraction of sp³-hybridized carbons (Fsp3) is 0.167. The maximum absolute atomic E-state index is 10.7. The van der Waals surface area contributed by atoms with Gasteiger partial charge in [0.1, 0.15) is 0 Å². The molecule has 0 saturated carbocycles. The number of carbonyl (C=O) groups excluding carboxylic acids is 1. The van der Waals surface area contributed by atoms with Crippen LogP contribution in [0.3, 0.4) is 0 Å². The second-order valence-corrected chi connectivity index (χ2v) is 3.65. The molecule has 16 heavy (non-hydrogen) atoms. The number of amides is 1. The van der Waals surface area contributed by atoms with Gasteiger partial charge in [0, 0.05) is 23.5 Å². The summed E-state index contributed by atoms with van der Waals surface area (Å²) in [7, 11) is 0. The molecule has 3 N–H and O–H groups in total. The van der Waals surface area contributed by atoms with E-state index in [2.05, 4.69) is 11.1 Å². The smallest absolute Gasteiger partial charge is 0.217 e. The number of benzene rings is 1. The molecular formula is C12H11N3O. The number of carbonyl (C=O) groups is 1. The lowest BCUT2D eigenvalue weighted by atomic mass is 10.1. The molecule has 0 bridgehead atoms. The highest BCUT2D eigenvalue weighted by Crippen LogP contribution is 2.20. The first-order valence-electron chi connectivity index (χ1n) is 4.99. The average Bonchev–Trinajstić information content (AvgIpc) is 2.68. The summed E-state index contributed by atoms with van der Waals surface area (Å²) in [6.07, 6.45) is 2.78. The van der Waals surface area contributed by atoms with Crippen LogP contribution in [0.1, 0.15) is 17.5 Å². The zero-order chi connectivity index (χ0) is 11.5. The van der Waals surface area contributed by atoms with Crippen molar-refractivity contribution in [3.05, 3.63) is 35.5 Å². The van der Waals surface area contributed by atoms with Gasteiger partial charge in [-0.15, -0.1) is 0 Å². The Labute approximate surface area is 92.7 Å². The van der Waals surface area contributed by atoms with Crippen LogP contribution < -0.4 is 5.73 Å². The van der Waals surface area contributed by atoms with Gasteiger partial charge in [0.15, 0.2) is 0 Å². The number of aryl methyl sites for hydroxylation is 1. The molecule has 0 aliphatic heterocycles. The summed E-state index contributed by atoms with van der Waals surface area (Å²) in [5.41, 5.74) is 7.72. The van der Waals surface area contributed by atoms with E-state index in [0.717, 1.165) is 16.5 Å². The Bertz CT molecular complexity index is 577. The molecule has 1 heterocycles. The molecule has 1 aromatic heterocycles. The van der Waals surface area contributed by atoms with Crippen molar-refractivity contribution < 1.29 is 4.79 Å². The van der Waals surface area contributed by atoms with Gasteiger partial charge in [-0.3, -0.25) is 4.79 Å². The monoisotopic (exact) mass is 213 g/mol. The van der Waals surface area contributed by atoms with Crippen molar-refractivity contribution in [3.63, 3.8) is 0 Å². The Morgan fingerprint density at radius 1 is 1.50 bits per heavy atom. The van der Waals surface area contributed by atoms with Crippen molar-refractivity contribution in [3.8, 4) is 6.07 Å². The molecule has 0 atom stereocenters.